The largest absolute Gasteiger partial charge is 0.491 e. The second kappa shape index (κ2) is 8.45. The van der Waals surface area contributed by atoms with Gasteiger partial charge in [-0.2, -0.15) is 4.98 Å². The van der Waals surface area contributed by atoms with Gasteiger partial charge in [0.2, 0.25) is 5.82 Å². The fourth-order valence-corrected chi connectivity index (χ4v) is 2.83. The van der Waals surface area contributed by atoms with Crippen molar-refractivity contribution in [3.63, 3.8) is 0 Å². The molecule has 1 N–H and O–H groups in total. The minimum atomic E-state index is -0.981. The summed E-state index contributed by atoms with van der Waals surface area (Å²) >= 11 is 0. The highest BCUT2D eigenvalue weighted by molar-refractivity contribution is 5.88. The summed E-state index contributed by atoms with van der Waals surface area (Å²) in [5.41, 5.74) is 2.56. The maximum Gasteiger partial charge on any atom is 0.335 e. The molecule has 0 aliphatic carbocycles. The molecule has 0 amide bonds. The predicted molar refractivity (Wildman–Crippen MR) is 108 cm³/mol. The molecule has 0 fully saturated rings. The number of carbonyl (C=O) groups is 1. The van der Waals surface area contributed by atoms with Gasteiger partial charge in [-0.3, -0.25) is 0 Å². The summed E-state index contributed by atoms with van der Waals surface area (Å²) in [6, 6.07) is 12.1. The number of hydrogen-bond acceptors (Lipinski definition) is 6. The molecule has 3 rings (SSSR count). The SMILES string of the molecule is COCCOc1ccc(-c2noc(-c3ccc(C(=O)O)cc3)n2)cc1C(C)(C)C. The van der Waals surface area contributed by atoms with E-state index in [1.54, 1.807) is 19.2 Å². The molecule has 0 atom stereocenters. The quantitative estimate of drug-likeness (QED) is 0.591. The first-order valence-electron chi connectivity index (χ1n) is 9.23. The molecule has 0 aliphatic rings. The number of rotatable bonds is 7. The zero-order valence-electron chi connectivity index (χ0n) is 16.9. The Kier molecular flexibility index (Phi) is 5.98. The van der Waals surface area contributed by atoms with Gasteiger partial charge in [-0.1, -0.05) is 25.9 Å². The third-order valence-corrected chi connectivity index (χ3v) is 4.40. The van der Waals surface area contributed by atoms with Crippen LogP contribution in [0.15, 0.2) is 47.0 Å². The van der Waals surface area contributed by atoms with Gasteiger partial charge < -0.3 is 19.1 Å². The number of aromatic carboxylic acids is 1. The van der Waals surface area contributed by atoms with Gasteiger partial charge in [-0.15, -0.1) is 0 Å². The van der Waals surface area contributed by atoms with Gasteiger partial charge in [0.25, 0.3) is 5.89 Å². The van der Waals surface area contributed by atoms with Crippen molar-refractivity contribution in [2.45, 2.75) is 26.2 Å². The van der Waals surface area contributed by atoms with Crippen molar-refractivity contribution >= 4 is 5.97 Å². The van der Waals surface area contributed by atoms with Crippen molar-refractivity contribution in [3.8, 4) is 28.6 Å². The summed E-state index contributed by atoms with van der Waals surface area (Å²) in [5.74, 6) is 0.600. The van der Waals surface area contributed by atoms with E-state index in [0.29, 0.717) is 30.5 Å². The molecule has 7 nitrogen and oxygen atoms in total. The van der Waals surface area contributed by atoms with Gasteiger partial charge in [0.1, 0.15) is 12.4 Å². The van der Waals surface area contributed by atoms with E-state index >= 15 is 0 Å². The average molecular weight is 396 g/mol. The molecular formula is C22H24N2O5. The Labute approximate surface area is 169 Å². The van der Waals surface area contributed by atoms with Crippen LogP contribution in [0.1, 0.15) is 36.7 Å². The Balaban J connectivity index is 1.90. The van der Waals surface area contributed by atoms with E-state index in [1.807, 2.05) is 18.2 Å². The molecule has 7 heteroatoms. The van der Waals surface area contributed by atoms with Crippen molar-refractivity contribution < 1.29 is 23.9 Å². The van der Waals surface area contributed by atoms with Gasteiger partial charge >= 0.3 is 5.97 Å². The lowest BCUT2D eigenvalue weighted by molar-refractivity contribution is 0.0697. The molecule has 0 unspecified atom stereocenters. The number of ether oxygens (including phenoxy) is 2. The van der Waals surface area contributed by atoms with E-state index in [1.165, 1.54) is 12.1 Å². The van der Waals surface area contributed by atoms with Crippen molar-refractivity contribution in [1.29, 1.82) is 0 Å². The van der Waals surface area contributed by atoms with E-state index in [0.717, 1.165) is 16.9 Å². The van der Waals surface area contributed by atoms with Crippen LogP contribution in [0.25, 0.3) is 22.8 Å². The van der Waals surface area contributed by atoms with Crippen LogP contribution in [-0.2, 0) is 10.2 Å². The second-order valence-corrected chi connectivity index (χ2v) is 7.61. The fraction of sp³-hybridized carbons (Fsp3) is 0.318. The Bertz CT molecular complexity index is 987. The number of hydrogen-bond donors (Lipinski definition) is 1. The second-order valence-electron chi connectivity index (χ2n) is 7.61. The smallest absolute Gasteiger partial charge is 0.335 e. The van der Waals surface area contributed by atoms with Crippen LogP contribution in [0.2, 0.25) is 0 Å². The van der Waals surface area contributed by atoms with Crippen molar-refractivity contribution in [2.24, 2.45) is 0 Å². The number of aromatic nitrogens is 2. The normalized spacial score (nSPS) is 11.4. The van der Waals surface area contributed by atoms with E-state index in [-0.39, 0.29) is 11.0 Å². The van der Waals surface area contributed by atoms with Crippen molar-refractivity contribution in [1.82, 2.24) is 10.1 Å². The summed E-state index contributed by atoms with van der Waals surface area (Å²) in [7, 11) is 1.64. The monoisotopic (exact) mass is 396 g/mol. The maximum atomic E-state index is 11.0. The summed E-state index contributed by atoms with van der Waals surface area (Å²) < 4.78 is 16.3. The van der Waals surface area contributed by atoms with E-state index < -0.39 is 5.97 Å². The molecule has 152 valence electrons. The Morgan fingerprint density at radius 3 is 2.38 bits per heavy atom. The molecule has 0 bridgehead atoms. The molecule has 0 aliphatic heterocycles. The summed E-state index contributed by atoms with van der Waals surface area (Å²) in [5, 5.41) is 13.1. The minimum Gasteiger partial charge on any atom is -0.491 e. The summed E-state index contributed by atoms with van der Waals surface area (Å²) in [4.78, 5) is 15.5. The molecule has 0 saturated carbocycles. The number of carboxylic acid groups (broad SMARTS) is 1. The third-order valence-electron chi connectivity index (χ3n) is 4.40. The lowest BCUT2D eigenvalue weighted by Gasteiger charge is -2.23. The summed E-state index contributed by atoms with van der Waals surface area (Å²) in [6.07, 6.45) is 0. The Hall–Kier alpha value is -3.19. The zero-order valence-corrected chi connectivity index (χ0v) is 16.9. The molecule has 2 aromatic carbocycles. The van der Waals surface area contributed by atoms with Crippen molar-refractivity contribution in [3.05, 3.63) is 53.6 Å². The van der Waals surface area contributed by atoms with E-state index in [4.69, 9.17) is 19.1 Å². The van der Waals surface area contributed by atoms with Gasteiger partial charge in [-0.25, -0.2) is 4.79 Å². The summed E-state index contributed by atoms with van der Waals surface area (Å²) in [6.45, 7) is 7.32. The molecule has 3 aromatic rings. The lowest BCUT2D eigenvalue weighted by Crippen LogP contribution is -2.15. The van der Waals surface area contributed by atoms with E-state index in [2.05, 4.69) is 30.9 Å². The van der Waals surface area contributed by atoms with Crippen LogP contribution in [0, 0.1) is 0 Å². The molecule has 1 heterocycles. The van der Waals surface area contributed by atoms with E-state index in [9.17, 15) is 4.79 Å². The molecule has 0 spiro atoms. The van der Waals surface area contributed by atoms with Crippen LogP contribution in [0.3, 0.4) is 0 Å². The van der Waals surface area contributed by atoms with Gasteiger partial charge in [0, 0.05) is 23.8 Å². The number of methoxy groups -OCH3 is 1. The first-order chi connectivity index (χ1) is 13.8. The van der Waals surface area contributed by atoms with Crippen LogP contribution in [0.5, 0.6) is 5.75 Å². The standard InChI is InChI=1S/C22H24N2O5/c1-22(2,3)17-13-16(9-10-18(17)28-12-11-27-4)19-23-20(29-24-19)14-5-7-15(8-6-14)21(25)26/h5-10,13H,11-12H2,1-4H3,(H,25,26). The highest BCUT2D eigenvalue weighted by Crippen LogP contribution is 2.35. The Morgan fingerprint density at radius 2 is 1.76 bits per heavy atom. The fourth-order valence-electron chi connectivity index (χ4n) is 2.83. The lowest BCUT2D eigenvalue weighted by atomic mass is 9.85. The van der Waals surface area contributed by atoms with Crippen LogP contribution in [0.4, 0.5) is 0 Å². The molecule has 0 saturated heterocycles. The molecular weight excluding hydrogens is 372 g/mol. The first-order valence-corrected chi connectivity index (χ1v) is 9.23. The van der Waals surface area contributed by atoms with Crippen LogP contribution >= 0.6 is 0 Å². The predicted octanol–water partition coefficient (Wildman–Crippen LogP) is 4.42. The van der Waals surface area contributed by atoms with Gasteiger partial charge in [-0.05, 0) is 47.9 Å². The van der Waals surface area contributed by atoms with Crippen molar-refractivity contribution in [2.75, 3.05) is 20.3 Å². The Morgan fingerprint density at radius 1 is 1.07 bits per heavy atom. The highest BCUT2D eigenvalue weighted by atomic mass is 16.5. The molecule has 29 heavy (non-hydrogen) atoms. The third kappa shape index (κ3) is 4.81. The average Bonchev–Trinajstić information content (AvgIpc) is 3.18. The number of carboxylic acids is 1. The van der Waals surface area contributed by atoms with Gasteiger partial charge in [0.15, 0.2) is 0 Å². The molecule has 1 aromatic heterocycles. The highest BCUT2D eigenvalue weighted by Gasteiger charge is 2.21. The molecule has 0 radical (unpaired) electrons. The van der Waals surface area contributed by atoms with Crippen LogP contribution < -0.4 is 4.74 Å². The van der Waals surface area contributed by atoms with Crippen LogP contribution in [-0.4, -0.2) is 41.5 Å². The maximum absolute atomic E-state index is 11.0. The zero-order chi connectivity index (χ0) is 21.0. The number of benzene rings is 2. The topological polar surface area (TPSA) is 94.7 Å². The number of nitrogens with zero attached hydrogens (tertiary/aromatic N) is 2. The first kappa shape index (κ1) is 20.5. The van der Waals surface area contributed by atoms with Gasteiger partial charge in [0.05, 0.1) is 12.2 Å². The minimum absolute atomic E-state index is 0.141.